The average Bonchev–Trinajstić information content (AvgIpc) is 3.26. The highest BCUT2D eigenvalue weighted by Gasteiger charge is 2.17. The van der Waals surface area contributed by atoms with Crippen molar-refractivity contribution in [2.45, 2.75) is 33.1 Å². The van der Waals surface area contributed by atoms with Crippen molar-refractivity contribution in [2.75, 3.05) is 29.9 Å². The van der Waals surface area contributed by atoms with Gasteiger partial charge in [0.1, 0.15) is 0 Å². The third-order valence-corrected chi connectivity index (χ3v) is 4.71. The number of Topliss-reactive ketones (excluding diaryl/α,β-unsaturated/α-hetero) is 1. The van der Waals surface area contributed by atoms with Crippen LogP contribution in [0.2, 0.25) is 0 Å². The van der Waals surface area contributed by atoms with Gasteiger partial charge >= 0.3 is 5.97 Å². The number of carbonyl (C=O) groups is 3. The normalized spacial score (nSPS) is 13.4. The predicted octanol–water partition coefficient (Wildman–Crippen LogP) is 3.10. The summed E-state index contributed by atoms with van der Waals surface area (Å²) in [5.74, 6) is -0.108. The number of nitrogens with one attached hydrogen (secondary N) is 1. The summed E-state index contributed by atoms with van der Waals surface area (Å²) in [4.78, 5) is 38.3. The van der Waals surface area contributed by atoms with Crippen LogP contribution in [-0.4, -0.2) is 47.6 Å². The molecule has 1 aromatic carbocycles. The van der Waals surface area contributed by atoms with Crippen LogP contribution in [-0.2, 0) is 9.53 Å². The Labute approximate surface area is 175 Å². The molecule has 1 N–H and O–H groups in total. The first kappa shape index (κ1) is 21.4. The molecule has 0 atom stereocenters. The highest BCUT2D eigenvalue weighted by molar-refractivity contribution is 5.99. The molecule has 0 unspecified atom stereocenters. The lowest BCUT2D eigenvalue weighted by Gasteiger charge is -2.15. The third-order valence-electron chi connectivity index (χ3n) is 4.71. The first-order valence-electron chi connectivity index (χ1n) is 10.1. The second kappa shape index (κ2) is 9.96. The first-order chi connectivity index (χ1) is 14.4. The lowest BCUT2D eigenvalue weighted by molar-refractivity contribution is -0.116. The Balaban J connectivity index is 1.49. The number of anilines is 2. The van der Waals surface area contributed by atoms with Gasteiger partial charge in [0.25, 0.3) is 0 Å². The predicted molar refractivity (Wildman–Crippen MR) is 113 cm³/mol. The summed E-state index contributed by atoms with van der Waals surface area (Å²) in [6.45, 7) is 5.42. The molecular weight excluding hydrogens is 384 g/mol. The molecule has 8 nitrogen and oxygen atoms in total. The van der Waals surface area contributed by atoms with E-state index in [1.165, 1.54) is 0 Å². The van der Waals surface area contributed by atoms with E-state index in [-0.39, 0.29) is 23.3 Å². The van der Waals surface area contributed by atoms with Crippen LogP contribution in [0.3, 0.4) is 0 Å². The maximum atomic E-state index is 12.3. The van der Waals surface area contributed by atoms with Crippen LogP contribution in [0.25, 0.3) is 0 Å². The highest BCUT2D eigenvalue weighted by atomic mass is 16.5. The van der Waals surface area contributed by atoms with Crippen molar-refractivity contribution < 1.29 is 19.1 Å². The molecule has 0 radical (unpaired) electrons. The Morgan fingerprint density at radius 1 is 1.03 bits per heavy atom. The Hall–Kier alpha value is -3.29. The van der Waals surface area contributed by atoms with Crippen molar-refractivity contribution >= 4 is 29.2 Å². The summed E-state index contributed by atoms with van der Waals surface area (Å²) in [7, 11) is 0. The molecule has 1 amide bonds. The van der Waals surface area contributed by atoms with E-state index in [2.05, 4.69) is 20.4 Å². The molecule has 0 saturated carbocycles. The van der Waals surface area contributed by atoms with Crippen LogP contribution in [0.4, 0.5) is 11.5 Å². The number of nitrogens with zero attached hydrogens (tertiary/aromatic N) is 3. The Kier molecular flexibility index (Phi) is 7.11. The monoisotopic (exact) mass is 410 g/mol. The van der Waals surface area contributed by atoms with Gasteiger partial charge in [0, 0.05) is 30.8 Å². The average molecular weight is 410 g/mol. The Bertz CT molecular complexity index is 888. The number of ether oxygens (including phenoxy) is 1. The largest absolute Gasteiger partial charge is 0.453 e. The minimum atomic E-state index is -0.693. The Morgan fingerprint density at radius 2 is 1.73 bits per heavy atom. The summed E-state index contributed by atoms with van der Waals surface area (Å²) in [5.41, 5.74) is 1.07. The Morgan fingerprint density at radius 3 is 2.33 bits per heavy atom. The molecule has 158 valence electrons. The van der Waals surface area contributed by atoms with Gasteiger partial charge in [0.05, 0.1) is 0 Å². The highest BCUT2D eigenvalue weighted by Crippen LogP contribution is 2.17. The molecule has 0 aliphatic carbocycles. The number of benzene rings is 1. The zero-order chi connectivity index (χ0) is 21.5. The molecule has 1 saturated heterocycles. The number of carbonyl (C=O) groups excluding carboxylic acids is 3. The van der Waals surface area contributed by atoms with Crippen LogP contribution in [0.15, 0.2) is 36.4 Å². The van der Waals surface area contributed by atoms with E-state index in [0.717, 1.165) is 31.7 Å². The van der Waals surface area contributed by atoms with Crippen LogP contribution in [0, 0.1) is 5.92 Å². The van der Waals surface area contributed by atoms with E-state index >= 15 is 0 Å². The molecule has 1 aliphatic rings. The van der Waals surface area contributed by atoms with E-state index in [4.69, 9.17) is 4.74 Å². The van der Waals surface area contributed by atoms with Crippen molar-refractivity contribution in [3.05, 3.63) is 47.7 Å². The molecular formula is C22H26N4O4. The van der Waals surface area contributed by atoms with Crippen molar-refractivity contribution in [3.8, 4) is 0 Å². The zero-order valence-corrected chi connectivity index (χ0v) is 17.3. The summed E-state index contributed by atoms with van der Waals surface area (Å²) < 4.78 is 5.07. The number of hydrogen-bond acceptors (Lipinski definition) is 7. The summed E-state index contributed by atoms with van der Waals surface area (Å²) in [6, 6.07) is 9.77. The fourth-order valence-corrected chi connectivity index (χ4v) is 3.16. The lowest BCUT2D eigenvalue weighted by Crippen LogP contribution is -2.20. The number of rotatable bonds is 8. The molecule has 0 spiro atoms. The van der Waals surface area contributed by atoms with E-state index < -0.39 is 12.6 Å². The van der Waals surface area contributed by atoms with Gasteiger partial charge in [-0.2, -0.15) is 0 Å². The van der Waals surface area contributed by atoms with E-state index in [1.807, 2.05) is 13.8 Å². The van der Waals surface area contributed by atoms with Gasteiger partial charge in [-0.1, -0.05) is 13.8 Å². The molecule has 2 aromatic rings. The lowest BCUT2D eigenvalue weighted by atomic mass is 10.1. The summed E-state index contributed by atoms with van der Waals surface area (Å²) in [5, 5.41) is 10.8. The standard InChI is InChI=1S/C22H26N4O4/c1-15(2)13-21(28)23-17-7-5-16(6-8-17)19(27)14-30-22(29)18-9-10-20(25-24-18)26-11-3-4-12-26/h5-10,15H,3-4,11-14H2,1-2H3,(H,23,28). The topological polar surface area (TPSA) is 101 Å². The van der Waals surface area contributed by atoms with Gasteiger partial charge in [0.15, 0.2) is 23.9 Å². The van der Waals surface area contributed by atoms with Gasteiger partial charge in [-0.25, -0.2) is 4.79 Å². The molecule has 3 rings (SSSR count). The molecule has 1 fully saturated rings. The number of ketones is 1. The second-order valence-electron chi connectivity index (χ2n) is 7.69. The maximum Gasteiger partial charge on any atom is 0.359 e. The third kappa shape index (κ3) is 5.85. The van der Waals surface area contributed by atoms with Crippen molar-refractivity contribution in [1.82, 2.24) is 10.2 Å². The second-order valence-corrected chi connectivity index (χ2v) is 7.69. The fraction of sp³-hybridized carbons (Fsp3) is 0.409. The van der Waals surface area contributed by atoms with Crippen molar-refractivity contribution in [2.24, 2.45) is 5.92 Å². The number of aromatic nitrogens is 2. The van der Waals surface area contributed by atoms with Crippen molar-refractivity contribution in [3.63, 3.8) is 0 Å². The van der Waals surface area contributed by atoms with Crippen LogP contribution >= 0.6 is 0 Å². The smallest absolute Gasteiger partial charge is 0.359 e. The van der Waals surface area contributed by atoms with Gasteiger partial charge < -0.3 is 15.0 Å². The first-order valence-corrected chi connectivity index (χ1v) is 10.1. The van der Waals surface area contributed by atoms with E-state index in [9.17, 15) is 14.4 Å². The van der Waals surface area contributed by atoms with E-state index in [1.54, 1.807) is 36.4 Å². The SMILES string of the molecule is CC(C)CC(=O)Nc1ccc(C(=O)COC(=O)c2ccc(N3CCCC3)nn2)cc1. The number of amides is 1. The molecule has 8 heteroatoms. The number of hydrogen-bond donors (Lipinski definition) is 1. The maximum absolute atomic E-state index is 12.3. The van der Waals surface area contributed by atoms with Crippen LogP contribution in [0.1, 0.15) is 54.0 Å². The van der Waals surface area contributed by atoms with Gasteiger partial charge in [-0.15, -0.1) is 10.2 Å². The van der Waals surface area contributed by atoms with Crippen LogP contribution < -0.4 is 10.2 Å². The van der Waals surface area contributed by atoms with E-state index in [0.29, 0.717) is 17.7 Å². The minimum Gasteiger partial charge on any atom is -0.453 e. The molecule has 2 heterocycles. The number of esters is 1. The summed E-state index contributed by atoms with van der Waals surface area (Å²) >= 11 is 0. The van der Waals surface area contributed by atoms with Gasteiger partial charge in [0.2, 0.25) is 5.91 Å². The van der Waals surface area contributed by atoms with Crippen molar-refractivity contribution in [1.29, 1.82) is 0 Å². The molecule has 0 bridgehead atoms. The fourth-order valence-electron chi connectivity index (χ4n) is 3.16. The van der Waals surface area contributed by atoms with Gasteiger partial charge in [-0.05, 0) is 55.2 Å². The molecule has 1 aliphatic heterocycles. The summed E-state index contributed by atoms with van der Waals surface area (Å²) in [6.07, 6.45) is 2.68. The molecule has 1 aromatic heterocycles. The minimum absolute atomic E-state index is 0.0639. The van der Waals surface area contributed by atoms with Gasteiger partial charge in [-0.3, -0.25) is 9.59 Å². The molecule has 30 heavy (non-hydrogen) atoms. The zero-order valence-electron chi connectivity index (χ0n) is 17.3. The quantitative estimate of drug-likeness (QED) is 0.527. The van der Waals surface area contributed by atoms with Crippen LogP contribution in [0.5, 0.6) is 0 Å².